The van der Waals surface area contributed by atoms with E-state index in [0.29, 0.717) is 12.8 Å². The first-order valence-corrected chi connectivity index (χ1v) is 17.7. The number of phosphoric acid groups is 1. The minimum atomic E-state index is -4.39. The zero-order chi connectivity index (χ0) is 31.3. The van der Waals surface area contributed by atoms with Crippen molar-refractivity contribution in [2.75, 3.05) is 19.8 Å². The van der Waals surface area contributed by atoms with Crippen LogP contribution in [0.2, 0.25) is 0 Å². The number of phosphoric ester groups is 1. The van der Waals surface area contributed by atoms with Crippen molar-refractivity contribution in [3.63, 3.8) is 0 Å². The molecule has 10 heteroatoms. The molecule has 0 saturated heterocycles. The van der Waals surface area contributed by atoms with Crippen molar-refractivity contribution < 1.29 is 33.5 Å². The van der Waals surface area contributed by atoms with Crippen LogP contribution in [-0.4, -0.2) is 59.0 Å². The van der Waals surface area contributed by atoms with Gasteiger partial charge >= 0.3 is 7.82 Å². The Morgan fingerprint density at radius 2 is 1.38 bits per heavy atom. The topological polar surface area (TPSA) is 151 Å². The quantitative estimate of drug-likeness (QED) is 0.0357. The third-order valence-corrected chi connectivity index (χ3v) is 7.73. The van der Waals surface area contributed by atoms with Crippen molar-refractivity contribution in [2.24, 2.45) is 5.73 Å². The third-order valence-electron chi connectivity index (χ3n) is 6.74. The van der Waals surface area contributed by atoms with Crippen LogP contribution in [0.4, 0.5) is 0 Å². The third kappa shape index (κ3) is 26.3. The summed E-state index contributed by atoms with van der Waals surface area (Å²) in [6.45, 7) is 3.81. The number of rotatable bonds is 29. The minimum Gasteiger partial charge on any atom is -0.393 e. The molecule has 0 saturated carbocycles. The van der Waals surface area contributed by atoms with Gasteiger partial charge in [-0.2, -0.15) is 0 Å². The maximum atomic E-state index is 12.6. The van der Waals surface area contributed by atoms with E-state index in [1.807, 2.05) is 6.08 Å². The maximum absolute atomic E-state index is 12.6. The van der Waals surface area contributed by atoms with Crippen LogP contribution in [0.3, 0.4) is 0 Å². The van der Waals surface area contributed by atoms with E-state index in [4.69, 9.17) is 14.8 Å². The molecule has 4 atom stereocenters. The second kappa shape index (κ2) is 28.5. The summed E-state index contributed by atoms with van der Waals surface area (Å²) in [6, 6.07) is -0.999. The highest BCUT2D eigenvalue weighted by atomic mass is 31.2. The van der Waals surface area contributed by atoms with Gasteiger partial charge in [-0.1, -0.05) is 102 Å². The predicted molar refractivity (Wildman–Crippen MR) is 172 cm³/mol. The summed E-state index contributed by atoms with van der Waals surface area (Å²) in [4.78, 5) is 22.5. The van der Waals surface area contributed by atoms with Gasteiger partial charge in [0, 0.05) is 6.54 Å². The van der Waals surface area contributed by atoms with Crippen LogP contribution in [0.1, 0.15) is 123 Å². The van der Waals surface area contributed by atoms with Crippen LogP contribution >= 0.6 is 7.82 Å². The first-order valence-electron chi connectivity index (χ1n) is 16.2. The van der Waals surface area contributed by atoms with Gasteiger partial charge in [0.25, 0.3) is 0 Å². The fourth-order valence-electron chi connectivity index (χ4n) is 4.23. The lowest BCUT2D eigenvalue weighted by Gasteiger charge is -2.24. The average molecular weight is 617 g/mol. The molecule has 0 aromatic carbocycles. The highest BCUT2D eigenvalue weighted by Crippen LogP contribution is 2.43. The lowest BCUT2D eigenvalue weighted by atomic mass is 10.1. The second-order valence-corrected chi connectivity index (χ2v) is 12.3. The average Bonchev–Trinajstić information content (AvgIpc) is 2.96. The molecule has 6 N–H and O–H groups in total. The Morgan fingerprint density at radius 1 is 0.810 bits per heavy atom. The lowest BCUT2D eigenvalue weighted by Crippen LogP contribution is -2.46. The van der Waals surface area contributed by atoms with Gasteiger partial charge in [-0.15, -0.1) is 0 Å². The van der Waals surface area contributed by atoms with Gasteiger partial charge in [-0.25, -0.2) is 4.57 Å². The molecule has 42 heavy (non-hydrogen) atoms. The molecule has 1 amide bonds. The van der Waals surface area contributed by atoms with E-state index >= 15 is 0 Å². The molecule has 0 aliphatic carbocycles. The molecule has 0 aromatic heterocycles. The highest BCUT2D eigenvalue weighted by Gasteiger charge is 2.27. The Balaban J connectivity index is 4.66. The minimum absolute atomic E-state index is 0.0420. The number of carbonyl (C=O) groups excluding carboxylic acids is 1. The van der Waals surface area contributed by atoms with Crippen molar-refractivity contribution >= 4 is 13.7 Å². The Bertz CT molecular complexity index is 776. The van der Waals surface area contributed by atoms with Crippen LogP contribution in [0.25, 0.3) is 0 Å². The van der Waals surface area contributed by atoms with Crippen LogP contribution in [0.15, 0.2) is 36.5 Å². The van der Waals surface area contributed by atoms with Crippen molar-refractivity contribution in [3.8, 4) is 0 Å². The van der Waals surface area contributed by atoms with Crippen LogP contribution in [0, 0.1) is 0 Å². The van der Waals surface area contributed by atoms with Crippen molar-refractivity contribution in [2.45, 2.75) is 141 Å². The number of nitrogens with two attached hydrogens (primary N) is 1. The number of aliphatic hydroxyl groups excluding tert-OH is 2. The van der Waals surface area contributed by atoms with E-state index in [2.05, 4.69) is 43.5 Å². The summed E-state index contributed by atoms with van der Waals surface area (Å²) < 4.78 is 21.8. The number of allylic oxidation sites excluding steroid dienone is 5. The summed E-state index contributed by atoms with van der Waals surface area (Å²) in [7, 11) is -4.39. The van der Waals surface area contributed by atoms with Gasteiger partial charge in [0.1, 0.15) is 0 Å². The van der Waals surface area contributed by atoms with Gasteiger partial charge in [-0.3, -0.25) is 13.8 Å². The smallest absolute Gasteiger partial charge is 0.393 e. The second-order valence-electron chi connectivity index (χ2n) is 10.8. The van der Waals surface area contributed by atoms with Gasteiger partial charge in [0.15, 0.2) is 0 Å². The van der Waals surface area contributed by atoms with E-state index in [1.54, 1.807) is 6.08 Å². The molecule has 0 fully saturated rings. The highest BCUT2D eigenvalue weighted by molar-refractivity contribution is 7.47. The Hall–Kier alpha value is -1.32. The van der Waals surface area contributed by atoms with E-state index in [-0.39, 0.29) is 19.6 Å². The van der Waals surface area contributed by atoms with E-state index in [9.17, 15) is 24.5 Å². The van der Waals surface area contributed by atoms with Gasteiger partial charge in [0.2, 0.25) is 5.91 Å². The number of unbranched alkanes of at least 4 members (excludes halogenated alkanes) is 11. The summed E-state index contributed by atoms with van der Waals surface area (Å²) in [5.41, 5.74) is 5.31. The number of hydrogen-bond donors (Lipinski definition) is 5. The van der Waals surface area contributed by atoms with Crippen molar-refractivity contribution in [1.82, 2.24) is 5.32 Å². The Labute approximate surface area is 255 Å². The van der Waals surface area contributed by atoms with Gasteiger partial charge in [0.05, 0.1) is 37.9 Å². The summed E-state index contributed by atoms with van der Waals surface area (Å²) in [5, 5.41) is 23.7. The first kappa shape index (κ1) is 40.7. The Morgan fingerprint density at radius 3 is 2.02 bits per heavy atom. The fraction of sp³-hybridized carbons (Fsp3) is 0.781. The van der Waals surface area contributed by atoms with Crippen LogP contribution in [0.5, 0.6) is 0 Å². The zero-order valence-corrected chi connectivity index (χ0v) is 27.2. The maximum Gasteiger partial charge on any atom is 0.472 e. The predicted octanol–water partition coefficient (Wildman–Crippen LogP) is 6.63. The van der Waals surface area contributed by atoms with Crippen molar-refractivity contribution in [1.29, 1.82) is 0 Å². The molecule has 9 nitrogen and oxygen atoms in total. The molecular formula is C32H61N2O7P. The molecule has 0 aliphatic heterocycles. The van der Waals surface area contributed by atoms with Gasteiger partial charge in [-0.05, 0) is 51.4 Å². The number of nitrogens with one attached hydrogen (secondary N) is 1. The van der Waals surface area contributed by atoms with Crippen molar-refractivity contribution in [3.05, 3.63) is 36.5 Å². The molecule has 4 unspecified atom stereocenters. The molecule has 0 radical (unpaired) electrons. The molecular weight excluding hydrogens is 555 g/mol. The first-order chi connectivity index (χ1) is 20.3. The monoisotopic (exact) mass is 616 g/mol. The molecule has 0 rings (SSSR count). The molecule has 0 aromatic rings. The largest absolute Gasteiger partial charge is 0.472 e. The molecule has 0 aliphatic rings. The molecule has 0 heterocycles. The fourth-order valence-corrected chi connectivity index (χ4v) is 4.99. The Kier molecular flexibility index (Phi) is 27.6. The SMILES string of the molecule is CCCC/C=C\CCCCCC(O)CC(=O)NC(COP(=O)(O)OCCN)C(O)/C=C/CC/C=C/CCCCCCC. The summed E-state index contributed by atoms with van der Waals surface area (Å²) in [6.07, 6.45) is 26.7. The number of hydrogen-bond acceptors (Lipinski definition) is 7. The molecule has 0 spiro atoms. The summed E-state index contributed by atoms with van der Waals surface area (Å²) in [5.74, 6) is -0.472. The number of aliphatic hydroxyl groups is 2. The van der Waals surface area contributed by atoms with E-state index in [1.165, 1.54) is 44.9 Å². The number of amides is 1. The normalized spacial score (nSPS) is 15.9. The molecule has 246 valence electrons. The molecule has 0 bridgehead atoms. The van der Waals surface area contributed by atoms with Crippen LogP contribution in [-0.2, 0) is 18.4 Å². The van der Waals surface area contributed by atoms with Gasteiger partial charge < -0.3 is 26.2 Å². The summed E-state index contributed by atoms with van der Waals surface area (Å²) >= 11 is 0. The zero-order valence-electron chi connectivity index (χ0n) is 26.3. The van der Waals surface area contributed by atoms with Crippen LogP contribution < -0.4 is 11.1 Å². The van der Waals surface area contributed by atoms with E-state index < -0.39 is 38.6 Å². The number of carbonyl (C=O) groups is 1. The lowest BCUT2D eigenvalue weighted by molar-refractivity contribution is -0.124. The standard InChI is InChI=1S/C32H61N2O7P/c1-3-5-7-9-11-13-14-16-18-20-22-24-31(36)30(28-41-42(38,39)40-26-25-33)34-32(37)27-29(35)23-21-19-17-15-12-10-8-6-4-2/h10,12,14,16,22,24,29-31,35-36H,3-9,11,13,15,17-21,23,25-28,33H2,1-2H3,(H,34,37)(H,38,39)/b12-10-,16-14+,24-22+. The van der Waals surface area contributed by atoms with E-state index in [0.717, 1.165) is 44.9 Å².